The Morgan fingerprint density at radius 3 is 1.24 bits per heavy atom. The third-order valence-corrected chi connectivity index (χ3v) is 13.5. The number of nitrogens with zero attached hydrogens (tertiary/aromatic N) is 1. The van der Waals surface area contributed by atoms with Crippen LogP contribution in [0, 0.1) is 0 Å². The minimum Gasteiger partial charge on any atom is -0.387 e. The minimum absolute atomic E-state index is 0.0524. The van der Waals surface area contributed by atoms with Crippen molar-refractivity contribution < 1.29 is 32.9 Å². The summed E-state index contributed by atoms with van der Waals surface area (Å²) in [6.45, 7) is 4.69. The van der Waals surface area contributed by atoms with E-state index in [0.29, 0.717) is 17.4 Å². The summed E-state index contributed by atoms with van der Waals surface area (Å²) >= 11 is 0. The molecule has 3 atom stereocenters. The van der Waals surface area contributed by atoms with E-state index in [1.54, 1.807) is 6.08 Å². The molecule has 0 rings (SSSR count). The number of rotatable bonds is 52. The topological polar surface area (TPSA) is 105 Å². The second-order valence-corrected chi connectivity index (χ2v) is 22.1. The monoisotopic (exact) mass is 1010 g/mol. The Kier molecular flexibility index (Phi) is 50.4. The van der Waals surface area contributed by atoms with Crippen molar-refractivity contribution in [2.75, 3.05) is 40.9 Å². The van der Waals surface area contributed by atoms with Gasteiger partial charge in [-0.2, -0.15) is 0 Å². The van der Waals surface area contributed by atoms with E-state index >= 15 is 0 Å². The quantitative estimate of drug-likeness (QED) is 0.0243. The van der Waals surface area contributed by atoms with E-state index in [-0.39, 0.29) is 19.1 Å². The molecular formula is C62H112N2O6P+. The Bertz CT molecular complexity index is 1470. The van der Waals surface area contributed by atoms with E-state index in [2.05, 4.69) is 104 Å². The Morgan fingerprint density at radius 2 is 0.845 bits per heavy atom. The highest BCUT2D eigenvalue weighted by atomic mass is 31.2. The summed E-state index contributed by atoms with van der Waals surface area (Å²) < 4.78 is 23.7. The van der Waals surface area contributed by atoms with Gasteiger partial charge in [-0.15, -0.1) is 0 Å². The largest absolute Gasteiger partial charge is 0.472 e. The van der Waals surface area contributed by atoms with Crippen molar-refractivity contribution in [2.24, 2.45) is 0 Å². The van der Waals surface area contributed by atoms with Crippen LogP contribution in [0.4, 0.5) is 0 Å². The maximum Gasteiger partial charge on any atom is 0.472 e. The van der Waals surface area contributed by atoms with Crippen LogP contribution in [0.3, 0.4) is 0 Å². The summed E-state index contributed by atoms with van der Waals surface area (Å²) in [5.41, 5.74) is 0. The second kappa shape index (κ2) is 52.3. The highest BCUT2D eigenvalue weighted by molar-refractivity contribution is 7.47. The third-order valence-electron chi connectivity index (χ3n) is 12.6. The van der Waals surface area contributed by atoms with Crippen LogP contribution in [0.1, 0.15) is 239 Å². The van der Waals surface area contributed by atoms with Crippen LogP contribution >= 0.6 is 7.82 Å². The van der Waals surface area contributed by atoms with Crippen molar-refractivity contribution in [3.05, 3.63) is 97.2 Å². The standard InChI is InChI=1S/C62H111N2O6P/c1-6-8-10-12-14-16-18-20-22-24-26-28-30-31-32-33-34-36-38-40-42-44-46-48-50-52-54-56-62(66)63-60(59-70-71(67,68)69-58-57-64(3,4)5)61(65)55-53-51-49-47-45-43-41-39-37-35-29-27-25-23-21-19-17-15-13-11-9-7-2/h8,10,14,16,20,22,26,28,31-32,34,36,40,42,53,55,60-61,65H,6-7,9,11-13,15,17-19,21,23-25,27,29-30,33,35,37-39,41,43-52,54,56-59H2,1-5H3,(H-,63,66,67,68)/p+1/b10-8-,16-14-,22-20-,28-26-,32-31-,36-34-,42-40-,55-53+. The fourth-order valence-corrected chi connectivity index (χ4v) is 8.76. The van der Waals surface area contributed by atoms with E-state index in [9.17, 15) is 19.4 Å². The van der Waals surface area contributed by atoms with Gasteiger partial charge in [0.2, 0.25) is 5.91 Å². The van der Waals surface area contributed by atoms with Crippen molar-refractivity contribution in [2.45, 2.75) is 251 Å². The summed E-state index contributed by atoms with van der Waals surface area (Å²) in [6, 6.07) is -0.865. The number of phosphoric ester groups is 1. The number of hydrogen-bond donors (Lipinski definition) is 3. The average molecular weight is 1010 g/mol. The first-order valence-electron chi connectivity index (χ1n) is 29.1. The van der Waals surface area contributed by atoms with Gasteiger partial charge in [0.25, 0.3) is 0 Å². The molecule has 0 saturated carbocycles. The van der Waals surface area contributed by atoms with Gasteiger partial charge < -0.3 is 19.8 Å². The van der Waals surface area contributed by atoms with Gasteiger partial charge in [-0.25, -0.2) is 4.57 Å². The van der Waals surface area contributed by atoms with Gasteiger partial charge in [-0.3, -0.25) is 13.8 Å². The Balaban J connectivity index is 4.31. The summed E-state index contributed by atoms with van der Waals surface area (Å²) in [5, 5.41) is 13.9. The van der Waals surface area contributed by atoms with Gasteiger partial charge in [0.05, 0.1) is 39.9 Å². The molecule has 3 N–H and O–H groups in total. The van der Waals surface area contributed by atoms with Crippen LogP contribution < -0.4 is 5.32 Å². The number of amides is 1. The molecule has 9 heteroatoms. The van der Waals surface area contributed by atoms with Gasteiger partial charge in [-0.1, -0.05) is 252 Å². The van der Waals surface area contributed by atoms with Crippen LogP contribution in [-0.2, 0) is 18.4 Å². The lowest BCUT2D eigenvalue weighted by molar-refractivity contribution is -0.870. The number of likely N-dealkylation sites (N-methyl/N-ethyl adjacent to an activating group) is 1. The number of aliphatic hydroxyl groups excluding tert-OH is 1. The summed E-state index contributed by atoms with van der Waals surface area (Å²) in [4.78, 5) is 23.3. The molecule has 71 heavy (non-hydrogen) atoms. The molecule has 0 aromatic rings. The Labute approximate surface area is 439 Å². The number of nitrogens with one attached hydrogen (secondary N) is 1. The van der Waals surface area contributed by atoms with Crippen molar-refractivity contribution >= 4 is 13.7 Å². The van der Waals surface area contributed by atoms with Gasteiger partial charge in [0, 0.05) is 6.42 Å². The Hall–Kier alpha value is -2.58. The fraction of sp³-hybridized carbons (Fsp3) is 0.726. The molecule has 3 unspecified atom stereocenters. The zero-order valence-electron chi connectivity index (χ0n) is 46.7. The average Bonchev–Trinajstić information content (AvgIpc) is 3.33. The molecule has 8 nitrogen and oxygen atoms in total. The highest BCUT2D eigenvalue weighted by Crippen LogP contribution is 2.43. The first-order chi connectivity index (χ1) is 34.5. The first kappa shape index (κ1) is 68.4. The SMILES string of the molecule is CC/C=C\C/C=C\C/C=C\C/C=C\C/C=C\C/C=C\C/C=C\CCCCCCCC(=O)NC(COP(=O)(O)OCC[N+](C)(C)C)C(O)/C=C/CCCCCCCCCCCCCCCCCCCCCC. The first-order valence-corrected chi connectivity index (χ1v) is 30.6. The number of carbonyl (C=O) groups excluding carboxylic acids is 1. The maximum atomic E-state index is 13.0. The van der Waals surface area contributed by atoms with Crippen molar-refractivity contribution in [3.63, 3.8) is 0 Å². The third kappa shape index (κ3) is 55.0. The molecule has 0 spiro atoms. The summed E-state index contributed by atoms with van der Waals surface area (Å²) in [6.07, 6.45) is 75.0. The number of phosphoric acid groups is 1. The van der Waals surface area contributed by atoms with Gasteiger partial charge >= 0.3 is 7.82 Å². The highest BCUT2D eigenvalue weighted by Gasteiger charge is 2.27. The lowest BCUT2D eigenvalue weighted by Crippen LogP contribution is -2.45. The van der Waals surface area contributed by atoms with Crippen LogP contribution in [0.25, 0.3) is 0 Å². The lowest BCUT2D eigenvalue weighted by Gasteiger charge is -2.25. The molecule has 0 aliphatic carbocycles. The molecular weight excluding hydrogens is 900 g/mol. The molecule has 0 bridgehead atoms. The molecule has 410 valence electrons. The predicted molar refractivity (Wildman–Crippen MR) is 309 cm³/mol. The molecule has 0 fully saturated rings. The molecule has 0 saturated heterocycles. The lowest BCUT2D eigenvalue weighted by atomic mass is 10.0. The van der Waals surface area contributed by atoms with Crippen LogP contribution in [0.5, 0.6) is 0 Å². The molecule has 1 amide bonds. The molecule has 0 heterocycles. The van der Waals surface area contributed by atoms with Crippen LogP contribution in [-0.4, -0.2) is 73.4 Å². The summed E-state index contributed by atoms with van der Waals surface area (Å²) in [7, 11) is 1.55. The number of hydrogen-bond acceptors (Lipinski definition) is 5. The summed E-state index contributed by atoms with van der Waals surface area (Å²) in [5.74, 6) is -0.198. The molecule has 0 radical (unpaired) electrons. The Morgan fingerprint density at radius 1 is 0.493 bits per heavy atom. The van der Waals surface area contributed by atoms with Gasteiger partial charge in [0.1, 0.15) is 13.2 Å². The van der Waals surface area contributed by atoms with Crippen LogP contribution in [0.2, 0.25) is 0 Å². The van der Waals surface area contributed by atoms with E-state index in [4.69, 9.17) is 9.05 Å². The van der Waals surface area contributed by atoms with Gasteiger partial charge in [-0.05, 0) is 77.0 Å². The van der Waals surface area contributed by atoms with E-state index in [0.717, 1.165) is 103 Å². The molecule has 0 aromatic carbocycles. The van der Waals surface area contributed by atoms with Crippen molar-refractivity contribution in [1.82, 2.24) is 5.32 Å². The maximum absolute atomic E-state index is 13.0. The van der Waals surface area contributed by atoms with E-state index in [1.807, 2.05) is 27.2 Å². The smallest absolute Gasteiger partial charge is 0.387 e. The molecule has 0 aliphatic rings. The van der Waals surface area contributed by atoms with E-state index < -0.39 is 20.0 Å². The van der Waals surface area contributed by atoms with Crippen molar-refractivity contribution in [1.29, 1.82) is 0 Å². The number of carbonyl (C=O) groups is 1. The minimum atomic E-state index is -4.36. The van der Waals surface area contributed by atoms with E-state index in [1.165, 1.54) is 116 Å². The predicted octanol–water partition coefficient (Wildman–Crippen LogP) is 17.8. The van der Waals surface area contributed by atoms with Crippen LogP contribution in [0.15, 0.2) is 97.2 Å². The second-order valence-electron chi connectivity index (χ2n) is 20.6. The number of quaternary nitrogens is 1. The molecule has 0 aliphatic heterocycles. The number of unbranched alkanes of at least 4 members (excludes halogenated alkanes) is 25. The molecule has 0 aromatic heterocycles. The zero-order chi connectivity index (χ0) is 52.0. The zero-order valence-corrected chi connectivity index (χ0v) is 47.6. The van der Waals surface area contributed by atoms with Crippen molar-refractivity contribution in [3.8, 4) is 0 Å². The number of allylic oxidation sites excluding steroid dienone is 15. The number of aliphatic hydroxyl groups is 1. The van der Waals surface area contributed by atoms with Gasteiger partial charge in [0.15, 0.2) is 0 Å². The fourth-order valence-electron chi connectivity index (χ4n) is 8.02. The normalized spacial score (nSPS) is 14.6.